The van der Waals surface area contributed by atoms with E-state index in [-0.39, 0.29) is 0 Å². The van der Waals surface area contributed by atoms with Gasteiger partial charge in [0.1, 0.15) is 5.76 Å². The van der Waals surface area contributed by atoms with Gasteiger partial charge in [0.05, 0.1) is 11.0 Å². The lowest BCUT2D eigenvalue weighted by atomic mass is 10.1. The summed E-state index contributed by atoms with van der Waals surface area (Å²) >= 11 is 0. The van der Waals surface area contributed by atoms with E-state index in [1.54, 1.807) is 6.26 Å². The fourth-order valence-electron chi connectivity index (χ4n) is 3.20. The monoisotopic (exact) mass is 318 g/mol. The van der Waals surface area contributed by atoms with Crippen LogP contribution in [0.5, 0.6) is 0 Å². The molecule has 0 saturated heterocycles. The van der Waals surface area contributed by atoms with Crippen molar-refractivity contribution < 1.29 is 9.57 Å². The number of aryl methyl sites for hydroxylation is 1. The van der Waals surface area contributed by atoms with Crippen molar-refractivity contribution in [2.45, 2.75) is 19.8 Å². The van der Waals surface area contributed by atoms with Gasteiger partial charge in [0.25, 0.3) is 0 Å². The molecule has 1 aliphatic heterocycles. The fraction of sp³-hybridized carbons (Fsp3) is 0.150. The van der Waals surface area contributed by atoms with E-state index < -0.39 is 0 Å². The van der Waals surface area contributed by atoms with Crippen LogP contribution in [0.2, 0.25) is 0 Å². The van der Waals surface area contributed by atoms with Crippen LogP contribution in [0.15, 0.2) is 66.2 Å². The highest BCUT2D eigenvalue weighted by Crippen LogP contribution is 2.32. The van der Waals surface area contributed by atoms with Crippen LogP contribution in [0, 0.1) is 0 Å². The predicted octanol–water partition coefficient (Wildman–Crippen LogP) is 5.05. The lowest BCUT2D eigenvalue weighted by Gasteiger charge is -2.09. The molecule has 0 atom stereocenters. The molecule has 120 valence electrons. The Morgan fingerprint density at radius 2 is 1.92 bits per heavy atom. The van der Waals surface area contributed by atoms with Crippen molar-refractivity contribution in [2.75, 3.05) is 0 Å². The molecule has 4 rings (SSSR count). The van der Waals surface area contributed by atoms with Gasteiger partial charge in [-0.1, -0.05) is 36.9 Å². The first-order valence-electron chi connectivity index (χ1n) is 7.95. The minimum Gasteiger partial charge on any atom is -0.443 e. The van der Waals surface area contributed by atoms with Gasteiger partial charge in [-0.15, -0.1) is 0 Å². The lowest BCUT2D eigenvalue weighted by Crippen LogP contribution is -1.99. The van der Waals surface area contributed by atoms with Crippen LogP contribution in [-0.4, -0.2) is 11.0 Å². The van der Waals surface area contributed by atoms with Gasteiger partial charge in [-0.25, -0.2) is 0 Å². The number of ether oxygens (including phenoxy) is 1. The van der Waals surface area contributed by atoms with Crippen LogP contribution < -0.4 is 0 Å². The summed E-state index contributed by atoms with van der Waals surface area (Å²) in [6.07, 6.45) is 4.50. The first kappa shape index (κ1) is 14.6. The maximum absolute atomic E-state index is 5.32. The van der Waals surface area contributed by atoms with Gasteiger partial charge in [-0.3, -0.25) is 0 Å². The van der Waals surface area contributed by atoms with Crippen molar-refractivity contribution in [1.29, 1.82) is 0 Å². The van der Waals surface area contributed by atoms with Crippen LogP contribution in [-0.2, 0) is 16.0 Å². The summed E-state index contributed by atoms with van der Waals surface area (Å²) in [6, 6.07) is 15.1. The van der Waals surface area contributed by atoms with Gasteiger partial charge in [-0.2, -0.15) is 0 Å². The third-order valence-electron chi connectivity index (χ3n) is 4.27. The van der Waals surface area contributed by atoms with E-state index in [9.17, 15) is 0 Å². The average Bonchev–Trinajstić information content (AvgIpc) is 2.94. The molecule has 0 N–H and O–H groups in total. The molecule has 0 fully saturated rings. The normalized spacial score (nSPS) is 13.6. The zero-order valence-corrected chi connectivity index (χ0v) is 13.5. The molecule has 4 heteroatoms. The van der Waals surface area contributed by atoms with Crippen LogP contribution >= 0.6 is 0 Å². The van der Waals surface area contributed by atoms with Gasteiger partial charge < -0.3 is 14.1 Å². The minimum absolute atomic E-state index is 0.769. The molecule has 0 bridgehead atoms. The highest BCUT2D eigenvalue weighted by atomic mass is 16.7. The third-order valence-corrected chi connectivity index (χ3v) is 4.27. The number of allylic oxidation sites excluding steroid dienone is 2. The molecule has 0 radical (unpaired) electrons. The molecule has 2 heterocycles. The van der Waals surface area contributed by atoms with E-state index in [2.05, 4.69) is 58.8 Å². The van der Waals surface area contributed by atoms with Crippen LogP contribution in [0.25, 0.3) is 27.5 Å². The summed E-state index contributed by atoms with van der Waals surface area (Å²) in [6.45, 7) is 6.19. The molecular formula is C20H18N2O2. The Morgan fingerprint density at radius 1 is 1.08 bits per heavy atom. The summed E-state index contributed by atoms with van der Waals surface area (Å²) in [7, 11) is 0. The van der Waals surface area contributed by atoms with Crippen molar-refractivity contribution in [1.82, 2.24) is 4.57 Å². The Labute approximate surface area is 140 Å². The number of fused-ring (bicyclic) bond motifs is 3. The van der Waals surface area contributed by atoms with E-state index in [4.69, 9.17) is 9.57 Å². The summed E-state index contributed by atoms with van der Waals surface area (Å²) in [5.41, 5.74) is 4.65. The zero-order valence-electron chi connectivity index (χ0n) is 13.5. The van der Waals surface area contributed by atoms with Crippen molar-refractivity contribution in [3.05, 3.63) is 66.6 Å². The van der Waals surface area contributed by atoms with Crippen molar-refractivity contribution >= 4 is 33.9 Å². The topological polar surface area (TPSA) is 35.8 Å². The summed E-state index contributed by atoms with van der Waals surface area (Å²) in [4.78, 5) is 4.90. The first-order chi connectivity index (χ1) is 11.7. The molecule has 0 unspecified atom stereocenters. The van der Waals surface area contributed by atoms with E-state index in [1.807, 2.05) is 6.92 Å². The molecule has 1 aliphatic rings. The number of benzene rings is 2. The summed E-state index contributed by atoms with van der Waals surface area (Å²) in [5.74, 6) is 0.783. The number of hydrogen-bond donors (Lipinski definition) is 0. The Kier molecular flexibility index (Phi) is 3.58. The summed E-state index contributed by atoms with van der Waals surface area (Å²) < 4.78 is 7.54. The average molecular weight is 318 g/mol. The van der Waals surface area contributed by atoms with Crippen LogP contribution in [0.3, 0.4) is 0 Å². The standard InChI is InChI=1S/C20H18N2O2/c1-14(2)22-19-6-4-3-5-17(19)18-10-8-15(11-20(18)22)7-9-16-12-24-21-13-23-16/h3-6,8,10-13H,1,7,9H2,2H3. The Bertz CT molecular complexity index is 995. The molecule has 4 nitrogen and oxygen atoms in total. The molecule has 0 amide bonds. The predicted molar refractivity (Wildman–Crippen MR) is 97.5 cm³/mol. The molecule has 0 aliphatic carbocycles. The maximum atomic E-state index is 5.32. The van der Waals surface area contributed by atoms with Crippen LogP contribution in [0.1, 0.15) is 18.9 Å². The molecule has 0 saturated carbocycles. The van der Waals surface area contributed by atoms with Crippen molar-refractivity contribution in [3.63, 3.8) is 0 Å². The third kappa shape index (κ3) is 2.46. The number of aromatic nitrogens is 1. The molecule has 2 aromatic carbocycles. The van der Waals surface area contributed by atoms with Gasteiger partial charge in [0, 0.05) is 22.9 Å². The smallest absolute Gasteiger partial charge is 0.218 e. The largest absolute Gasteiger partial charge is 0.443 e. The summed E-state index contributed by atoms with van der Waals surface area (Å²) in [5, 5.41) is 6.05. The van der Waals surface area contributed by atoms with Crippen LogP contribution in [0.4, 0.5) is 0 Å². The maximum Gasteiger partial charge on any atom is 0.218 e. The number of para-hydroxylation sites is 1. The number of nitrogens with zero attached hydrogens (tertiary/aromatic N) is 2. The molecule has 24 heavy (non-hydrogen) atoms. The number of oxime groups is 1. The quantitative estimate of drug-likeness (QED) is 0.675. The van der Waals surface area contributed by atoms with E-state index in [0.717, 1.165) is 24.3 Å². The fourth-order valence-corrected chi connectivity index (χ4v) is 3.20. The first-order valence-corrected chi connectivity index (χ1v) is 7.95. The van der Waals surface area contributed by atoms with Gasteiger partial charge in [-0.05, 0) is 36.2 Å². The highest BCUT2D eigenvalue weighted by Gasteiger charge is 2.12. The second-order valence-electron chi connectivity index (χ2n) is 5.96. The van der Waals surface area contributed by atoms with Gasteiger partial charge >= 0.3 is 0 Å². The SMILES string of the molecule is C=C(C)n1c2ccccc2c2ccc(CCC3=CON=CO3)cc21. The number of hydrogen-bond acceptors (Lipinski definition) is 3. The van der Waals surface area contributed by atoms with E-state index in [1.165, 1.54) is 33.8 Å². The van der Waals surface area contributed by atoms with E-state index in [0.29, 0.717) is 0 Å². The molecule has 1 aromatic heterocycles. The van der Waals surface area contributed by atoms with Crippen molar-refractivity contribution in [3.8, 4) is 0 Å². The Morgan fingerprint density at radius 3 is 2.71 bits per heavy atom. The number of rotatable bonds is 4. The zero-order chi connectivity index (χ0) is 16.5. The molecular weight excluding hydrogens is 300 g/mol. The second-order valence-corrected chi connectivity index (χ2v) is 5.96. The molecule has 0 spiro atoms. The van der Waals surface area contributed by atoms with Gasteiger partial charge in [0.15, 0.2) is 6.26 Å². The minimum atomic E-state index is 0.769. The Hall–Kier alpha value is -3.01. The highest BCUT2D eigenvalue weighted by molar-refractivity contribution is 6.10. The lowest BCUT2D eigenvalue weighted by molar-refractivity contribution is 0.208. The van der Waals surface area contributed by atoms with Crippen molar-refractivity contribution in [2.24, 2.45) is 5.16 Å². The Balaban J connectivity index is 1.74. The van der Waals surface area contributed by atoms with E-state index >= 15 is 0 Å². The van der Waals surface area contributed by atoms with Gasteiger partial charge in [0.2, 0.25) is 6.40 Å². The second kappa shape index (κ2) is 5.89. The molecule has 3 aromatic rings.